The van der Waals surface area contributed by atoms with E-state index in [0.29, 0.717) is 0 Å². The Morgan fingerprint density at radius 3 is 2.58 bits per heavy atom. The maximum absolute atomic E-state index is 8.87. The van der Waals surface area contributed by atoms with Gasteiger partial charge in [0.1, 0.15) is 0 Å². The molecule has 1 atom stereocenters. The van der Waals surface area contributed by atoms with Crippen LogP contribution in [0.2, 0.25) is 0 Å². The molecule has 0 saturated carbocycles. The van der Waals surface area contributed by atoms with E-state index in [1.54, 1.807) is 13.0 Å². The number of aliphatic hydroxyl groups excluding tert-OH is 1. The van der Waals surface area contributed by atoms with Crippen molar-refractivity contribution in [2.24, 2.45) is 0 Å². The molecule has 0 aromatic heterocycles. The summed E-state index contributed by atoms with van der Waals surface area (Å²) in [7, 11) is 0. The molecule has 1 unspecified atom stereocenters. The van der Waals surface area contributed by atoms with Crippen LogP contribution >= 0.6 is 0 Å². The predicted molar refractivity (Wildman–Crippen MR) is 54.1 cm³/mol. The Bertz CT molecular complexity index is 134. The van der Waals surface area contributed by atoms with E-state index in [1.807, 2.05) is 12.2 Å². The normalized spacial score (nSPS) is 14.6. The third-order valence-corrected chi connectivity index (χ3v) is 1.61. The molecule has 0 spiro atoms. The minimum Gasteiger partial charge on any atom is -0.389 e. The number of hydrogen-bond acceptors (Lipinski definition) is 1. The van der Waals surface area contributed by atoms with E-state index >= 15 is 0 Å². The highest BCUT2D eigenvalue weighted by atomic mass is 16.3. The lowest BCUT2D eigenvalue weighted by atomic mass is 10.2. The van der Waals surface area contributed by atoms with E-state index in [1.165, 1.54) is 19.3 Å². The van der Waals surface area contributed by atoms with Crippen molar-refractivity contribution in [1.29, 1.82) is 0 Å². The Morgan fingerprint density at radius 2 is 2.00 bits per heavy atom. The Hall–Kier alpha value is -0.560. The average molecular weight is 168 g/mol. The van der Waals surface area contributed by atoms with E-state index in [-0.39, 0.29) is 6.10 Å². The Morgan fingerprint density at radius 1 is 1.25 bits per heavy atom. The molecule has 0 aliphatic carbocycles. The zero-order chi connectivity index (χ0) is 9.23. The standard InChI is InChI=1S/C11H20O/c1-3-4-5-6-7-8-9-10-11(2)12/h7-12H,3-6H2,1-2H3/b8-7-,10-9-. The summed E-state index contributed by atoms with van der Waals surface area (Å²) < 4.78 is 0. The molecular weight excluding hydrogens is 148 g/mol. The summed E-state index contributed by atoms with van der Waals surface area (Å²) >= 11 is 0. The maximum Gasteiger partial charge on any atom is 0.0695 e. The molecule has 0 bridgehead atoms. The topological polar surface area (TPSA) is 20.2 Å². The number of hydrogen-bond donors (Lipinski definition) is 1. The van der Waals surface area contributed by atoms with Crippen molar-refractivity contribution < 1.29 is 5.11 Å². The maximum atomic E-state index is 8.87. The lowest BCUT2D eigenvalue weighted by Crippen LogP contribution is -1.90. The molecule has 0 radical (unpaired) electrons. The van der Waals surface area contributed by atoms with Gasteiger partial charge in [-0.15, -0.1) is 0 Å². The molecule has 70 valence electrons. The number of aliphatic hydroxyl groups is 1. The van der Waals surface area contributed by atoms with Gasteiger partial charge in [0.2, 0.25) is 0 Å². The fourth-order valence-electron chi connectivity index (χ4n) is 0.912. The molecule has 0 aliphatic heterocycles. The number of unbranched alkanes of at least 4 members (excludes halogenated alkanes) is 3. The summed E-state index contributed by atoms with van der Waals surface area (Å²) in [6.45, 7) is 3.96. The first-order valence-corrected chi connectivity index (χ1v) is 4.78. The van der Waals surface area contributed by atoms with E-state index in [9.17, 15) is 0 Å². The van der Waals surface area contributed by atoms with Gasteiger partial charge >= 0.3 is 0 Å². The Balaban J connectivity index is 3.25. The van der Waals surface area contributed by atoms with Crippen LogP contribution in [0.5, 0.6) is 0 Å². The van der Waals surface area contributed by atoms with Crippen molar-refractivity contribution in [2.45, 2.75) is 45.6 Å². The lowest BCUT2D eigenvalue weighted by Gasteiger charge is -1.91. The molecule has 0 amide bonds. The van der Waals surface area contributed by atoms with Crippen LogP contribution in [0.15, 0.2) is 24.3 Å². The highest BCUT2D eigenvalue weighted by Gasteiger charge is 1.82. The molecule has 0 heterocycles. The van der Waals surface area contributed by atoms with Gasteiger partial charge in [0.05, 0.1) is 6.10 Å². The Labute approximate surface area is 75.8 Å². The molecule has 0 aliphatic rings. The lowest BCUT2D eigenvalue weighted by molar-refractivity contribution is 0.244. The van der Waals surface area contributed by atoms with Crippen molar-refractivity contribution in [3.8, 4) is 0 Å². The van der Waals surface area contributed by atoms with Crippen LogP contribution in [0.4, 0.5) is 0 Å². The van der Waals surface area contributed by atoms with E-state index in [0.717, 1.165) is 6.42 Å². The molecule has 0 fully saturated rings. The average Bonchev–Trinajstić information content (AvgIpc) is 2.02. The van der Waals surface area contributed by atoms with Crippen molar-refractivity contribution in [1.82, 2.24) is 0 Å². The van der Waals surface area contributed by atoms with Gasteiger partial charge < -0.3 is 5.11 Å². The zero-order valence-electron chi connectivity index (χ0n) is 8.16. The minimum atomic E-state index is -0.328. The summed E-state index contributed by atoms with van der Waals surface area (Å²) in [6.07, 6.45) is 12.5. The summed E-state index contributed by atoms with van der Waals surface area (Å²) in [5, 5.41) is 8.87. The van der Waals surface area contributed by atoms with Gasteiger partial charge in [-0.05, 0) is 19.8 Å². The highest BCUT2D eigenvalue weighted by Crippen LogP contribution is 1.99. The van der Waals surface area contributed by atoms with E-state index in [2.05, 4.69) is 13.0 Å². The summed E-state index contributed by atoms with van der Waals surface area (Å²) in [6, 6.07) is 0. The summed E-state index contributed by atoms with van der Waals surface area (Å²) in [4.78, 5) is 0. The molecule has 12 heavy (non-hydrogen) atoms. The van der Waals surface area contributed by atoms with Gasteiger partial charge in [-0.1, -0.05) is 44.1 Å². The summed E-state index contributed by atoms with van der Waals surface area (Å²) in [5.74, 6) is 0. The van der Waals surface area contributed by atoms with Crippen LogP contribution in [0.3, 0.4) is 0 Å². The second kappa shape index (κ2) is 8.54. The second-order valence-corrected chi connectivity index (χ2v) is 3.05. The minimum absolute atomic E-state index is 0.328. The van der Waals surface area contributed by atoms with Crippen LogP contribution in [0.1, 0.15) is 39.5 Å². The van der Waals surface area contributed by atoms with Crippen LogP contribution in [-0.4, -0.2) is 11.2 Å². The smallest absolute Gasteiger partial charge is 0.0695 e. The molecule has 0 aromatic carbocycles. The molecular formula is C11H20O. The van der Waals surface area contributed by atoms with Crippen LogP contribution < -0.4 is 0 Å². The van der Waals surface area contributed by atoms with Gasteiger partial charge in [-0.2, -0.15) is 0 Å². The van der Waals surface area contributed by atoms with Crippen LogP contribution in [0.25, 0.3) is 0 Å². The van der Waals surface area contributed by atoms with Gasteiger partial charge in [0.15, 0.2) is 0 Å². The largest absolute Gasteiger partial charge is 0.389 e. The Kier molecular flexibility index (Phi) is 8.14. The molecule has 1 nitrogen and oxygen atoms in total. The molecule has 0 aromatic rings. The van der Waals surface area contributed by atoms with Gasteiger partial charge in [-0.25, -0.2) is 0 Å². The monoisotopic (exact) mass is 168 g/mol. The molecule has 0 saturated heterocycles. The van der Waals surface area contributed by atoms with Crippen LogP contribution in [-0.2, 0) is 0 Å². The third kappa shape index (κ3) is 9.44. The first kappa shape index (κ1) is 11.4. The second-order valence-electron chi connectivity index (χ2n) is 3.05. The van der Waals surface area contributed by atoms with Crippen molar-refractivity contribution in [3.63, 3.8) is 0 Å². The van der Waals surface area contributed by atoms with Crippen molar-refractivity contribution in [2.75, 3.05) is 0 Å². The first-order chi connectivity index (χ1) is 5.77. The van der Waals surface area contributed by atoms with Crippen molar-refractivity contribution >= 4 is 0 Å². The molecule has 1 heteroatoms. The number of allylic oxidation sites excluding steroid dienone is 3. The molecule has 0 rings (SSSR count). The summed E-state index contributed by atoms with van der Waals surface area (Å²) in [5.41, 5.74) is 0. The zero-order valence-corrected chi connectivity index (χ0v) is 8.16. The quantitative estimate of drug-likeness (QED) is 0.477. The van der Waals surface area contributed by atoms with Crippen molar-refractivity contribution in [3.05, 3.63) is 24.3 Å². The van der Waals surface area contributed by atoms with E-state index < -0.39 is 0 Å². The number of rotatable bonds is 6. The SMILES string of the molecule is CCCCC/C=C\C=C/C(C)O. The van der Waals surface area contributed by atoms with Gasteiger partial charge in [-0.3, -0.25) is 0 Å². The fourth-order valence-corrected chi connectivity index (χ4v) is 0.912. The van der Waals surface area contributed by atoms with E-state index in [4.69, 9.17) is 5.11 Å². The fraction of sp³-hybridized carbons (Fsp3) is 0.636. The molecule has 1 N–H and O–H groups in total. The van der Waals surface area contributed by atoms with Crippen LogP contribution in [0, 0.1) is 0 Å². The highest BCUT2D eigenvalue weighted by molar-refractivity contribution is 5.03. The predicted octanol–water partition coefficient (Wildman–Crippen LogP) is 3.06. The first-order valence-electron chi connectivity index (χ1n) is 4.78. The third-order valence-electron chi connectivity index (χ3n) is 1.61. The van der Waals surface area contributed by atoms with Gasteiger partial charge in [0, 0.05) is 0 Å². The van der Waals surface area contributed by atoms with Gasteiger partial charge in [0.25, 0.3) is 0 Å².